The van der Waals surface area contributed by atoms with Gasteiger partial charge in [-0.25, -0.2) is 0 Å². The molecule has 0 aliphatic carbocycles. The van der Waals surface area contributed by atoms with Crippen LogP contribution >= 0.6 is 0 Å². The molecule has 0 spiro atoms. The molecule has 0 bridgehead atoms. The largest absolute Gasteiger partial charge is 0.394 e. The summed E-state index contributed by atoms with van der Waals surface area (Å²) in [6.45, 7) is 0.601. The molecular formula is C27H30O6. The molecule has 6 nitrogen and oxygen atoms in total. The SMILES string of the molecule is OCC1O[C@H](O)[C@H](OCc2ccccc2)[C@@H](OCc2ccccc2)[C@@H]1OCc1ccccc1. The van der Waals surface area contributed by atoms with Crippen LogP contribution in [0.3, 0.4) is 0 Å². The van der Waals surface area contributed by atoms with Gasteiger partial charge in [0.05, 0.1) is 26.4 Å². The number of ether oxygens (including phenoxy) is 4. The van der Waals surface area contributed by atoms with Gasteiger partial charge in [-0.1, -0.05) is 91.0 Å². The van der Waals surface area contributed by atoms with Gasteiger partial charge in [0.1, 0.15) is 24.4 Å². The molecule has 1 heterocycles. The highest BCUT2D eigenvalue weighted by Gasteiger charge is 2.47. The summed E-state index contributed by atoms with van der Waals surface area (Å²) in [4.78, 5) is 0. The molecule has 2 N–H and O–H groups in total. The molecule has 0 saturated carbocycles. The van der Waals surface area contributed by atoms with E-state index < -0.39 is 30.7 Å². The van der Waals surface area contributed by atoms with Crippen molar-refractivity contribution in [1.82, 2.24) is 0 Å². The minimum absolute atomic E-state index is 0.284. The Labute approximate surface area is 194 Å². The van der Waals surface area contributed by atoms with Crippen LogP contribution in [0.1, 0.15) is 16.7 Å². The van der Waals surface area contributed by atoms with Crippen molar-refractivity contribution in [3.05, 3.63) is 108 Å². The zero-order valence-electron chi connectivity index (χ0n) is 18.4. The first kappa shape index (κ1) is 23.6. The van der Waals surface area contributed by atoms with Crippen molar-refractivity contribution in [2.75, 3.05) is 6.61 Å². The molecule has 0 radical (unpaired) electrons. The van der Waals surface area contributed by atoms with Gasteiger partial charge in [0, 0.05) is 0 Å². The number of aliphatic hydroxyl groups excluding tert-OH is 2. The standard InChI is InChI=1S/C27H30O6/c28-16-23-24(30-17-20-10-4-1-5-11-20)25(31-18-21-12-6-2-7-13-21)26(27(29)33-23)32-19-22-14-8-3-9-15-22/h1-15,23-29H,16-19H2/t23?,24-,25+,26-,27+/m1/s1. The monoisotopic (exact) mass is 450 g/mol. The van der Waals surface area contributed by atoms with E-state index in [-0.39, 0.29) is 13.2 Å². The summed E-state index contributed by atoms with van der Waals surface area (Å²) in [6, 6.07) is 29.3. The maximum Gasteiger partial charge on any atom is 0.184 e. The topological polar surface area (TPSA) is 77.4 Å². The molecule has 1 aliphatic rings. The van der Waals surface area contributed by atoms with Gasteiger partial charge in [-0.15, -0.1) is 0 Å². The van der Waals surface area contributed by atoms with E-state index in [2.05, 4.69) is 0 Å². The number of benzene rings is 3. The average Bonchev–Trinajstić information content (AvgIpc) is 2.87. The third-order valence-electron chi connectivity index (χ3n) is 5.65. The van der Waals surface area contributed by atoms with Gasteiger partial charge in [-0.3, -0.25) is 0 Å². The predicted octanol–water partition coefficient (Wildman–Crippen LogP) is 3.45. The van der Waals surface area contributed by atoms with E-state index in [4.69, 9.17) is 18.9 Å². The van der Waals surface area contributed by atoms with Crippen molar-refractivity contribution < 1.29 is 29.2 Å². The molecule has 33 heavy (non-hydrogen) atoms. The Kier molecular flexibility index (Phi) is 8.60. The summed E-state index contributed by atoms with van der Waals surface area (Å²) < 4.78 is 24.3. The van der Waals surface area contributed by atoms with E-state index in [1.807, 2.05) is 91.0 Å². The van der Waals surface area contributed by atoms with Gasteiger partial charge in [-0.2, -0.15) is 0 Å². The van der Waals surface area contributed by atoms with Crippen molar-refractivity contribution in [2.45, 2.75) is 50.5 Å². The highest BCUT2D eigenvalue weighted by molar-refractivity contribution is 5.15. The summed E-state index contributed by atoms with van der Waals surface area (Å²) in [5, 5.41) is 20.7. The number of rotatable bonds is 10. The summed E-state index contributed by atoms with van der Waals surface area (Å²) in [5.74, 6) is 0. The molecule has 1 aliphatic heterocycles. The maximum atomic E-state index is 10.7. The fourth-order valence-corrected chi connectivity index (χ4v) is 3.91. The van der Waals surface area contributed by atoms with Crippen LogP contribution in [-0.2, 0) is 38.8 Å². The van der Waals surface area contributed by atoms with E-state index in [9.17, 15) is 10.2 Å². The van der Waals surface area contributed by atoms with Gasteiger partial charge >= 0.3 is 0 Å². The molecule has 5 atom stereocenters. The van der Waals surface area contributed by atoms with E-state index in [0.29, 0.717) is 13.2 Å². The Hall–Kier alpha value is -2.58. The van der Waals surface area contributed by atoms with Crippen molar-refractivity contribution >= 4 is 0 Å². The second-order valence-electron chi connectivity index (χ2n) is 8.03. The van der Waals surface area contributed by atoms with Crippen molar-refractivity contribution in [2.24, 2.45) is 0 Å². The number of hydrogen-bond donors (Lipinski definition) is 2. The summed E-state index contributed by atoms with van der Waals surface area (Å²) >= 11 is 0. The van der Waals surface area contributed by atoms with Crippen LogP contribution in [0.25, 0.3) is 0 Å². The van der Waals surface area contributed by atoms with Crippen LogP contribution < -0.4 is 0 Å². The number of aliphatic hydroxyl groups is 2. The van der Waals surface area contributed by atoms with Crippen LogP contribution in [0, 0.1) is 0 Å². The van der Waals surface area contributed by atoms with E-state index in [0.717, 1.165) is 16.7 Å². The molecule has 0 amide bonds. The minimum atomic E-state index is -1.26. The fourth-order valence-electron chi connectivity index (χ4n) is 3.91. The third-order valence-corrected chi connectivity index (χ3v) is 5.65. The van der Waals surface area contributed by atoms with Crippen LogP contribution in [0.4, 0.5) is 0 Å². The molecule has 0 aromatic heterocycles. The van der Waals surface area contributed by atoms with Crippen LogP contribution in [0.5, 0.6) is 0 Å². The molecule has 3 aromatic carbocycles. The van der Waals surface area contributed by atoms with Crippen LogP contribution in [0.15, 0.2) is 91.0 Å². The summed E-state index contributed by atoms with van der Waals surface area (Å²) in [7, 11) is 0. The zero-order chi connectivity index (χ0) is 22.9. The van der Waals surface area contributed by atoms with Gasteiger partial charge in [0.15, 0.2) is 6.29 Å². The lowest BCUT2D eigenvalue weighted by Gasteiger charge is -2.44. The highest BCUT2D eigenvalue weighted by atomic mass is 16.7. The van der Waals surface area contributed by atoms with Gasteiger partial charge in [0.2, 0.25) is 0 Å². The first-order valence-electron chi connectivity index (χ1n) is 11.2. The van der Waals surface area contributed by atoms with Gasteiger partial charge in [0.25, 0.3) is 0 Å². The third kappa shape index (κ3) is 6.48. The van der Waals surface area contributed by atoms with Crippen LogP contribution in [0.2, 0.25) is 0 Å². The highest BCUT2D eigenvalue weighted by Crippen LogP contribution is 2.29. The number of hydrogen-bond acceptors (Lipinski definition) is 6. The smallest absolute Gasteiger partial charge is 0.184 e. The Morgan fingerprint density at radius 1 is 0.576 bits per heavy atom. The first-order valence-corrected chi connectivity index (χ1v) is 11.2. The van der Waals surface area contributed by atoms with Crippen molar-refractivity contribution in [1.29, 1.82) is 0 Å². The lowest BCUT2D eigenvalue weighted by molar-refractivity contribution is -0.315. The van der Waals surface area contributed by atoms with E-state index in [1.165, 1.54) is 0 Å². The fraction of sp³-hybridized carbons (Fsp3) is 0.333. The van der Waals surface area contributed by atoms with Crippen LogP contribution in [-0.4, -0.2) is 47.5 Å². The zero-order valence-corrected chi connectivity index (χ0v) is 18.4. The predicted molar refractivity (Wildman–Crippen MR) is 123 cm³/mol. The van der Waals surface area contributed by atoms with Gasteiger partial charge < -0.3 is 29.2 Å². The molecule has 4 rings (SSSR count). The maximum absolute atomic E-state index is 10.7. The normalized spacial score (nSPS) is 25.1. The first-order chi connectivity index (χ1) is 16.2. The molecule has 6 heteroatoms. The minimum Gasteiger partial charge on any atom is -0.394 e. The summed E-state index contributed by atoms with van der Waals surface area (Å²) in [6.07, 6.45) is -4.09. The molecule has 174 valence electrons. The van der Waals surface area contributed by atoms with Crippen molar-refractivity contribution in [3.63, 3.8) is 0 Å². The van der Waals surface area contributed by atoms with E-state index in [1.54, 1.807) is 0 Å². The quantitative estimate of drug-likeness (QED) is 0.493. The average molecular weight is 451 g/mol. The van der Waals surface area contributed by atoms with Crippen molar-refractivity contribution in [3.8, 4) is 0 Å². The van der Waals surface area contributed by atoms with Gasteiger partial charge in [-0.05, 0) is 16.7 Å². The Balaban J connectivity index is 1.53. The Morgan fingerprint density at radius 3 is 1.39 bits per heavy atom. The molecule has 1 saturated heterocycles. The Bertz CT molecular complexity index is 937. The summed E-state index contributed by atoms with van der Waals surface area (Å²) in [5.41, 5.74) is 2.95. The van der Waals surface area contributed by atoms with E-state index >= 15 is 0 Å². The lowest BCUT2D eigenvalue weighted by Crippen LogP contribution is -2.61. The molecule has 1 unspecified atom stereocenters. The Morgan fingerprint density at radius 2 is 0.970 bits per heavy atom. The molecule has 1 fully saturated rings. The molecule has 3 aromatic rings. The second-order valence-corrected chi connectivity index (χ2v) is 8.03. The second kappa shape index (κ2) is 12.0. The lowest BCUT2D eigenvalue weighted by atomic mass is 9.98. The molecular weight excluding hydrogens is 420 g/mol.